The molecule has 0 bridgehead atoms. The minimum absolute atomic E-state index is 0.706. The van der Waals surface area contributed by atoms with Crippen molar-refractivity contribution in [3.63, 3.8) is 0 Å². The summed E-state index contributed by atoms with van der Waals surface area (Å²) >= 11 is 0. The van der Waals surface area contributed by atoms with Crippen LogP contribution in [0.3, 0.4) is 0 Å². The van der Waals surface area contributed by atoms with E-state index in [0.29, 0.717) is 5.69 Å². The largest absolute Gasteiger partial charge is 0.355 e. The number of benzene rings is 1. The van der Waals surface area contributed by atoms with Crippen molar-refractivity contribution in [2.75, 3.05) is 6.54 Å². The molecular formula is C11H11FN2. The number of aromatic nitrogens is 1. The van der Waals surface area contributed by atoms with Crippen LogP contribution < -0.4 is 5.32 Å². The monoisotopic (exact) mass is 190 g/mol. The molecule has 2 aromatic rings. The number of nitrogens with one attached hydrogen (secondary N) is 2. The molecule has 0 saturated carbocycles. The third kappa shape index (κ3) is 0.990. The van der Waals surface area contributed by atoms with Gasteiger partial charge in [0.05, 0.1) is 5.69 Å². The van der Waals surface area contributed by atoms with Gasteiger partial charge in [0.15, 0.2) is 6.30 Å². The molecule has 1 aliphatic rings. The fourth-order valence-electron chi connectivity index (χ4n) is 2.13. The Labute approximate surface area is 81.1 Å². The van der Waals surface area contributed by atoms with Crippen LogP contribution in [0.25, 0.3) is 10.9 Å². The molecule has 3 heteroatoms. The first kappa shape index (κ1) is 8.00. The molecule has 0 fully saturated rings. The van der Waals surface area contributed by atoms with Crippen molar-refractivity contribution >= 4 is 10.9 Å². The van der Waals surface area contributed by atoms with Gasteiger partial charge in [-0.15, -0.1) is 0 Å². The summed E-state index contributed by atoms with van der Waals surface area (Å²) in [4.78, 5) is 3.13. The van der Waals surface area contributed by atoms with Crippen molar-refractivity contribution in [2.24, 2.45) is 0 Å². The Kier molecular flexibility index (Phi) is 1.61. The van der Waals surface area contributed by atoms with E-state index in [-0.39, 0.29) is 0 Å². The van der Waals surface area contributed by atoms with Gasteiger partial charge in [0, 0.05) is 17.4 Å². The van der Waals surface area contributed by atoms with Crippen molar-refractivity contribution in [1.82, 2.24) is 10.3 Å². The SMILES string of the molecule is FC1NCCc2c1[nH]c1ccccc21. The topological polar surface area (TPSA) is 27.8 Å². The van der Waals surface area contributed by atoms with Gasteiger partial charge in [-0.3, -0.25) is 5.32 Å². The zero-order valence-corrected chi connectivity index (χ0v) is 7.68. The Bertz CT molecular complexity index is 475. The van der Waals surface area contributed by atoms with Gasteiger partial charge in [-0.2, -0.15) is 0 Å². The van der Waals surface area contributed by atoms with Crippen LogP contribution in [0.15, 0.2) is 24.3 Å². The van der Waals surface area contributed by atoms with E-state index in [1.54, 1.807) is 0 Å². The van der Waals surface area contributed by atoms with Gasteiger partial charge in [0.25, 0.3) is 0 Å². The molecule has 1 unspecified atom stereocenters. The second kappa shape index (κ2) is 2.82. The molecule has 1 aliphatic heterocycles. The summed E-state index contributed by atoms with van der Waals surface area (Å²) in [6, 6.07) is 7.99. The van der Waals surface area contributed by atoms with E-state index < -0.39 is 6.30 Å². The smallest absolute Gasteiger partial charge is 0.192 e. The van der Waals surface area contributed by atoms with E-state index in [1.165, 1.54) is 0 Å². The highest BCUT2D eigenvalue weighted by Crippen LogP contribution is 2.30. The zero-order valence-electron chi connectivity index (χ0n) is 7.68. The Hall–Kier alpha value is -1.35. The molecule has 0 radical (unpaired) electrons. The van der Waals surface area contributed by atoms with Crippen molar-refractivity contribution in [3.05, 3.63) is 35.5 Å². The predicted molar refractivity (Wildman–Crippen MR) is 53.9 cm³/mol. The number of aromatic amines is 1. The lowest BCUT2D eigenvalue weighted by molar-refractivity contribution is 0.264. The predicted octanol–water partition coefficient (Wildman–Crippen LogP) is 2.28. The summed E-state index contributed by atoms with van der Waals surface area (Å²) in [5.41, 5.74) is 2.87. The van der Waals surface area contributed by atoms with Gasteiger partial charge in [0.1, 0.15) is 0 Å². The van der Waals surface area contributed by atoms with Crippen LogP contribution in [0, 0.1) is 0 Å². The molecule has 1 atom stereocenters. The van der Waals surface area contributed by atoms with Crippen molar-refractivity contribution in [1.29, 1.82) is 0 Å². The highest BCUT2D eigenvalue weighted by atomic mass is 19.1. The molecule has 3 rings (SSSR count). The average molecular weight is 190 g/mol. The lowest BCUT2D eigenvalue weighted by Gasteiger charge is -2.17. The zero-order chi connectivity index (χ0) is 9.54. The van der Waals surface area contributed by atoms with E-state index in [4.69, 9.17) is 0 Å². The second-order valence-corrected chi connectivity index (χ2v) is 3.63. The summed E-state index contributed by atoms with van der Waals surface area (Å²) in [6.45, 7) is 0.718. The average Bonchev–Trinajstić information content (AvgIpc) is 2.59. The quantitative estimate of drug-likeness (QED) is 0.613. The Morgan fingerprint density at radius 2 is 2.14 bits per heavy atom. The molecule has 14 heavy (non-hydrogen) atoms. The fourth-order valence-corrected chi connectivity index (χ4v) is 2.13. The highest BCUT2D eigenvalue weighted by molar-refractivity contribution is 5.85. The lowest BCUT2D eigenvalue weighted by atomic mass is 10.0. The van der Waals surface area contributed by atoms with Crippen molar-refractivity contribution in [2.45, 2.75) is 12.7 Å². The Morgan fingerprint density at radius 3 is 3.07 bits per heavy atom. The standard InChI is InChI=1S/C11H11FN2/c12-11-10-8(5-6-13-11)7-3-1-2-4-9(7)14-10/h1-4,11,13-14H,5-6H2. The number of hydrogen-bond donors (Lipinski definition) is 2. The van der Waals surface area contributed by atoms with E-state index in [1.807, 2.05) is 24.3 Å². The Balaban J connectivity index is 2.32. The van der Waals surface area contributed by atoms with Crippen LogP contribution in [0.1, 0.15) is 17.6 Å². The molecule has 2 N–H and O–H groups in total. The number of hydrogen-bond acceptors (Lipinski definition) is 1. The molecule has 2 heterocycles. The second-order valence-electron chi connectivity index (χ2n) is 3.63. The molecule has 0 spiro atoms. The molecule has 1 aromatic carbocycles. The van der Waals surface area contributed by atoms with Gasteiger partial charge >= 0.3 is 0 Å². The molecule has 0 amide bonds. The summed E-state index contributed by atoms with van der Waals surface area (Å²) in [7, 11) is 0. The minimum Gasteiger partial charge on any atom is -0.355 e. The number of alkyl halides is 1. The molecule has 1 aromatic heterocycles. The first-order valence-electron chi connectivity index (χ1n) is 4.83. The summed E-state index contributed by atoms with van der Waals surface area (Å²) < 4.78 is 13.5. The number of rotatable bonds is 0. The first-order valence-corrected chi connectivity index (χ1v) is 4.83. The number of fused-ring (bicyclic) bond motifs is 3. The molecular weight excluding hydrogens is 179 g/mol. The van der Waals surface area contributed by atoms with Crippen LogP contribution in [0.5, 0.6) is 0 Å². The van der Waals surface area contributed by atoms with Crippen molar-refractivity contribution in [3.8, 4) is 0 Å². The minimum atomic E-state index is -1.04. The number of para-hydroxylation sites is 1. The number of H-pyrrole nitrogens is 1. The van der Waals surface area contributed by atoms with Crippen molar-refractivity contribution < 1.29 is 4.39 Å². The van der Waals surface area contributed by atoms with Crippen LogP contribution in [0.2, 0.25) is 0 Å². The maximum absolute atomic E-state index is 13.5. The van der Waals surface area contributed by atoms with Gasteiger partial charge in [-0.1, -0.05) is 18.2 Å². The van der Waals surface area contributed by atoms with Crippen LogP contribution in [-0.2, 0) is 6.42 Å². The molecule has 72 valence electrons. The van der Waals surface area contributed by atoms with Gasteiger partial charge in [-0.05, 0) is 18.1 Å². The Morgan fingerprint density at radius 1 is 1.29 bits per heavy atom. The summed E-state index contributed by atoms with van der Waals surface area (Å²) in [5.74, 6) is 0. The fraction of sp³-hybridized carbons (Fsp3) is 0.273. The first-order chi connectivity index (χ1) is 6.86. The lowest BCUT2D eigenvalue weighted by Crippen LogP contribution is -2.26. The van der Waals surface area contributed by atoms with Crippen LogP contribution in [-0.4, -0.2) is 11.5 Å². The van der Waals surface area contributed by atoms with Gasteiger partial charge < -0.3 is 4.98 Å². The molecule has 2 nitrogen and oxygen atoms in total. The van der Waals surface area contributed by atoms with E-state index in [2.05, 4.69) is 10.3 Å². The van der Waals surface area contributed by atoms with E-state index in [0.717, 1.165) is 29.4 Å². The maximum atomic E-state index is 13.5. The third-order valence-electron chi connectivity index (χ3n) is 2.80. The third-order valence-corrected chi connectivity index (χ3v) is 2.80. The van der Waals surface area contributed by atoms with E-state index in [9.17, 15) is 4.39 Å². The summed E-state index contributed by atoms with van der Waals surface area (Å²) in [6.07, 6.45) is -0.133. The van der Waals surface area contributed by atoms with Gasteiger partial charge in [-0.25, -0.2) is 4.39 Å². The maximum Gasteiger partial charge on any atom is 0.192 e. The van der Waals surface area contributed by atoms with Gasteiger partial charge in [0.2, 0.25) is 0 Å². The summed E-state index contributed by atoms with van der Waals surface area (Å²) in [5, 5.41) is 3.96. The van der Waals surface area contributed by atoms with E-state index >= 15 is 0 Å². The molecule has 0 saturated heterocycles. The van der Waals surface area contributed by atoms with Crippen LogP contribution in [0.4, 0.5) is 4.39 Å². The van der Waals surface area contributed by atoms with Crippen LogP contribution >= 0.6 is 0 Å². The molecule has 0 aliphatic carbocycles. The highest BCUT2D eigenvalue weighted by Gasteiger charge is 2.22. The normalized spacial score (nSPS) is 21.1. The number of halogens is 1.